The lowest BCUT2D eigenvalue weighted by atomic mass is 10.00. The lowest BCUT2D eigenvalue weighted by Crippen LogP contribution is -1.95. The Morgan fingerprint density at radius 2 is 1.82 bits per heavy atom. The zero-order valence-electron chi connectivity index (χ0n) is 10.4. The van der Waals surface area contributed by atoms with Crippen molar-refractivity contribution in [2.75, 3.05) is 0 Å². The lowest BCUT2D eigenvalue weighted by molar-refractivity contribution is 0.860. The van der Waals surface area contributed by atoms with Crippen molar-refractivity contribution in [3.05, 3.63) is 42.1 Å². The topological polar surface area (TPSA) is 17.8 Å². The van der Waals surface area contributed by atoms with E-state index in [1.807, 2.05) is 12.3 Å². The number of rotatable bonds is 1. The van der Waals surface area contributed by atoms with Gasteiger partial charge in [0.2, 0.25) is 0 Å². The Bertz CT molecular complexity index is 693. The standard InChI is InChI=1S/C15H16N2/c1-10(2)11-6-4-7-12-13-8-5-9-16-15(13)17(3)14(11)12/h4-10H,1-3H3. The summed E-state index contributed by atoms with van der Waals surface area (Å²) in [4.78, 5) is 4.48. The molecule has 0 aliphatic carbocycles. The van der Waals surface area contributed by atoms with E-state index >= 15 is 0 Å². The molecule has 17 heavy (non-hydrogen) atoms. The highest BCUT2D eigenvalue weighted by atomic mass is 15.0. The molecule has 0 N–H and O–H groups in total. The van der Waals surface area contributed by atoms with Gasteiger partial charge in [0.25, 0.3) is 0 Å². The van der Waals surface area contributed by atoms with Crippen molar-refractivity contribution in [1.82, 2.24) is 9.55 Å². The van der Waals surface area contributed by atoms with Gasteiger partial charge in [0.15, 0.2) is 0 Å². The van der Waals surface area contributed by atoms with Crippen LogP contribution >= 0.6 is 0 Å². The van der Waals surface area contributed by atoms with Crippen molar-refractivity contribution in [2.24, 2.45) is 7.05 Å². The van der Waals surface area contributed by atoms with Crippen molar-refractivity contribution >= 4 is 21.9 Å². The fraction of sp³-hybridized carbons (Fsp3) is 0.267. The molecular formula is C15H16N2. The molecule has 0 aliphatic rings. The Morgan fingerprint density at radius 1 is 1.06 bits per heavy atom. The molecule has 0 radical (unpaired) electrons. The summed E-state index contributed by atoms with van der Waals surface area (Å²) in [6.45, 7) is 4.47. The summed E-state index contributed by atoms with van der Waals surface area (Å²) in [6.07, 6.45) is 1.86. The molecular weight excluding hydrogens is 208 g/mol. The first-order chi connectivity index (χ1) is 8.20. The third-order valence-electron chi connectivity index (χ3n) is 3.42. The Hall–Kier alpha value is -1.83. The normalized spacial score (nSPS) is 11.8. The molecule has 2 nitrogen and oxygen atoms in total. The summed E-state index contributed by atoms with van der Waals surface area (Å²) in [7, 11) is 2.10. The van der Waals surface area contributed by atoms with Gasteiger partial charge >= 0.3 is 0 Å². The second-order valence-electron chi connectivity index (χ2n) is 4.83. The van der Waals surface area contributed by atoms with Gasteiger partial charge in [0.1, 0.15) is 5.65 Å². The maximum Gasteiger partial charge on any atom is 0.140 e. The van der Waals surface area contributed by atoms with Gasteiger partial charge in [-0.25, -0.2) is 4.98 Å². The highest BCUT2D eigenvalue weighted by molar-refractivity contribution is 6.07. The van der Waals surface area contributed by atoms with Crippen LogP contribution in [0.15, 0.2) is 36.5 Å². The molecule has 2 heterocycles. The van der Waals surface area contributed by atoms with Crippen LogP contribution in [0.5, 0.6) is 0 Å². The lowest BCUT2D eigenvalue weighted by Gasteiger charge is -2.09. The highest BCUT2D eigenvalue weighted by Crippen LogP contribution is 2.31. The minimum Gasteiger partial charge on any atom is -0.328 e. The average molecular weight is 224 g/mol. The Morgan fingerprint density at radius 3 is 2.59 bits per heavy atom. The number of hydrogen-bond acceptors (Lipinski definition) is 1. The van der Waals surface area contributed by atoms with Gasteiger partial charge in [-0.2, -0.15) is 0 Å². The highest BCUT2D eigenvalue weighted by Gasteiger charge is 2.13. The third kappa shape index (κ3) is 1.37. The maximum absolute atomic E-state index is 4.48. The van der Waals surface area contributed by atoms with E-state index in [9.17, 15) is 0 Å². The first kappa shape index (κ1) is 10.3. The van der Waals surface area contributed by atoms with Crippen molar-refractivity contribution < 1.29 is 0 Å². The van der Waals surface area contributed by atoms with Crippen LogP contribution in [0.1, 0.15) is 25.3 Å². The molecule has 0 saturated heterocycles. The molecule has 0 atom stereocenters. The number of para-hydroxylation sites is 1. The minimum absolute atomic E-state index is 0.529. The summed E-state index contributed by atoms with van der Waals surface area (Å²) in [5.41, 5.74) is 3.77. The number of aryl methyl sites for hydroxylation is 1. The number of aromatic nitrogens is 2. The van der Waals surface area contributed by atoms with Crippen LogP contribution in [-0.4, -0.2) is 9.55 Å². The van der Waals surface area contributed by atoms with Crippen LogP contribution in [-0.2, 0) is 7.05 Å². The monoisotopic (exact) mass is 224 g/mol. The molecule has 0 unspecified atom stereocenters. The molecule has 0 bridgehead atoms. The van der Waals surface area contributed by atoms with E-state index in [-0.39, 0.29) is 0 Å². The number of pyridine rings is 1. The molecule has 2 aromatic heterocycles. The molecule has 2 heteroatoms. The van der Waals surface area contributed by atoms with Gasteiger partial charge in [0, 0.05) is 24.0 Å². The quantitative estimate of drug-likeness (QED) is 0.614. The molecule has 3 rings (SSSR count). The maximum atomic E-state index is 4.48. The van der Waals surface area contributed by atoms with Gasteiger partial charge < -0.3 is 4.57 Å². The number of nitrogens with zero attached hydrogens (tertiary/aromatic N) is 2. The van der Waals surface area contributed by atoms with Gasteiger partial charge in [-0.05, 0) is 23.6 Å². The van der Waals surface area contributed by atoms with Gasteiger partial charge in [0.05, 0.1) is 5.52 Å². The number of hydrogen-bond donors (Lipinski definition) is 0. The van der Waals surface area contributed by atoms with Crippen molar-refractivity contribution in [3.63, 3.8) is 0 Å². The smallest absolute Gasteiger partial charge is 0.140 e. The molecule has 1 aromatic carbocycles. The molecule has 0 amide bonds. The third-order valence-corrected chi connectivity index (χ3v) is 3.42. The average Bonchev–Trinajstić information content (AvgIpc) is 2.64. The fourth-order valence-electron chi connectivity index (χ4n) is 2.60. The first-order valence-electron chi connectivity index (χ1n) is 6.02. The first-order valence-corrected chi connectivity index (χ1v) is 6.02. The van der Waals surface area contributed by atoms with E-state index in [0.717, 1.165) is 5.65 Å². The van der Waals surface area contributed by atoms with Crippen LogP contribution in [0, 0.1) is 0 Å². The predicted molar refractivity (Wildman–Crippen MR) is 72.3 cm³/mol. The molecule has 0 fully saturated rings. The Balaban J connectivity index is 2.57. The van der Waals surface area contributed by atoms with Crippen LogP contribution in [0.2, 0.25) is 0 Å². The zero-order chi connectivity index (χ0) is 12.0. The van der Waals surface area contributed by atoms with Crippen molar-refractivity contribution in [2.45, 2.75) is 19.8 Å². The second-order valence-corrected chi connectivity index (χ2v) is 4.83. The zero-order valence-corrected chi connectivity index (χ0v) is 10.4. The van der Waals surface area contributed by atoms with E-state index in [0.29, 0.717) is 5.92 Å². The SMILES string of the molecule is CC(C)c1cccc2c3cccnc3n(C)c12. The summed E-state index contributed by atoms with van der Waals surface area (Å²) >= 11 is 0. The largest absolute Gasteiger partial charge is 0.328 e. The molecule has 86 valence electrons. The van der Waals surface area contributed by atoms with Crippen molar-refractivity contribution in [1.29, 1.82) is 0 Å². The molecule has 0 spiro atoms. The molecule has 3 aromatic rings. The van der Waals surface area contributed by atoms with E-state index in [1.165, 1.54) is 21.9 Å². The Kier molecular flexibility index (Phi) is 2.18. The van der Waals surface area contributed by atoms with E-state index in [1.54, 1.807) is 0 Å². The van der Waals surface area contributed by atoms with E-state index < -0.39 is 0 Å². The van der Waals surface area contributed by atoms with Crippen LogP contribution in [0.25, 0.3) is 21.9 Å². The van der Waals surface area contributed by atoms with Gasteiger partial charge in [-0.15, -0.1) is 0 Å². The number of benzene rings is 1. The van der Waals surface area contributed by atoms with Crippen LogP contribution in [0.3, 0.4) is 0 Å². The molecule has 0 aliphatic heterocycles. The summed E-state index contributed by atoms with van der Waals surface area (Å²) < 4.78 is 2.21. The summed E-state index contributed by atoms with van der Waals surface area (Å²) in [6, 6.07) is 10.7. The van der Waals surface area contributed by atoms with Crippen molar-refractivity contribution in [3.8, 4) is 0 Å². The van der Waals surface area contributed by atoms with Gasteiger partial charge in [-0.3, -0.25) is 0 Å². The second kappa shape index (κ2) is 3.59. The predicted octanol–water partition coefficient (Wildman–Crippen LogP) is 3.85. The van der Waals surface area contributed by atoms with Crippen LogP contribution in [0.4, 0.5) is 0 Å². The number of fused-ring (bicyclic) bond motifs is 3. The van der Waals surface area contributed by atoms with Gasteiger partial charge in [-0.1, -0.05) is 32.0 Å². The summed E-state index contributed by atoms with van der Waals surface area (Å²) in [5.74, 6) is 0.529. The fourth-order valence-corrected chi connectivity index (χ4v) is 2.60. The Labute approximate surface area is 101 Å². The van der Waals surface area contributed by atoms with E-state index in [2.05, 4.69) is 54.7 Å². The molecule has 0 saturated carbocycles. The summed E-state index contributed by atoms with van der Waals surface area (Å²) in [5, 5.41) is 2.55. The minimum atomic E-state index is 0.529. The van der Waals surface area contributed by atoms with E-state index in [4.69, 9.17) is 0 Å². The van der Waals surface area contributed by atoms with Crippen LogP contribution < -0.4 is 0 Å².